The summed E-state index contributed by atoms with van der Waals surface area (Å²) in [6, 6.07) is 27.5. The maximum absolute atomic E-state index is 12.8. The van der Waals surface area contributed by atoms with Gasteiger partial charge in [-0.3, -0.25) is 4.79 Å². The molecule has 0 saturated heterocycles. The molecule has 0 bridgehead atoms. The number of nitrogens with one attached hydrogen (secondary N) is 1. The monoisotopic (exact) mass is 363 g/mol. The van der Waals surface area contributed by atoms with Crippen molar-refractivity contribution in [2.24, 2.45) is 0 Å². The van der Waals surface area contributed by atoms with Crippen molar-refractivity contribution >= 4 is 28.0 Å². The van der Waals surface area contributed by atoms with Gasteiger partial charge < -0.3 is 9.72 Å². The summed E-state index contributed by atoms with van der Waals surface area (Å²) in [4.78, 5) is 17.5. The highest BCUT2D eigenvalue weighted by molar-refractivity contribution is 6.09. The van der Waals surface area contributed by atoms with Gasteiger partial charge in [0, 0.05) is 34.6 Å². The van der Waals surface area contributed by atoms with E-state index < -0.39 is 0 Å². The number of rotatable bonds is 3. The van der Waals surface area contributed by atoms with Crippen molar-refractivity contribution in [1.82, 2.24) is 9.38 Å². The molecule has 0 atom stereocenters. The smallest absolute Gasteiger partial charge is 0.255 e. The summed E-state index contributed by atoms with van der Waals surface area (Å²) in [5.74, 6) is -0.150. The Kier molecular flexibility index (Phi) is 3.87. The summed E-state index contributed by atoms with van der Waals surface area (Å²) in [6.45, 7) is 0. The van der Waals surface area contributed by atoms with E-state index in [0.29, 0.717) is 5.56 Å². The minimum atomic E-state index is -0.150. The number of carbonyl (C=O) groups excluding carboxylic acids is 1. The van der Waals surface area contributed by atoms with E-state index in [4.69, 9.17) is 0 Å². The fourth-order valence-electron chi connectivity index (χ4n) is 3.40. The van der Waals surface area contributed by atoms with E-state index in [1.165, 1.54) is 0 Å². The molecule has 134 valence electrons. The first-order chi connectivity index (χ1) is 13.8. The highest BCUT2D eigenvalue weighted by atomic mass is 16.1. The SMILES string of the molecule is O=C(Nc1cccc2ccccc12)c1ccn2cc(-c3ccccc3)nc2c1. The number of carbonyl (C=O) groups is 1. The average Bonchev–Trinajstić information content (AvgIpc) is 3.18. The number of benzene rings is 3. The lowest BCUT2D eigenvalue weighted by Gasteiger charge is -2.09. The zero-order chi connectivity index (χ0) is 18.9. The van der Waals surface area contributed by atoms with Crippen molar-refractivity contribution in [3.63, 3.8) is 0 Å². The Labute approximate surface area is 162 Å². The molecule has 5 aromatic rings. The quantitative estimate of drug-likeness (QED) is 0.466. The third kappa shape index (κ3) is 2.91. The van der Waals surface area contributed by atoms with Crippen LogP contribution in [0.5, 0.6) is 0 Å². The Balaban J connectivity index is 1.48. The van der Waals surface area contributed by atoms with Crippen molar-refractivity contribution in [2.75, 3.05) is 5.32 Å². The second-order valence-corrected chi connectivity index (χ2v) is 6.65. The molecule has 0 saturated carbocycles. The number of anilines is 1. The number of aromatic nitrogens is 2. The fraction of sp³-hybridized carbons (Fsp3) is 0. The Hall–Kier alpha value is -3.92. The van der Waals surface area contributed by atoms with Crippen LogP contribution in [0.1, 0.15) is 10.4 Å². The summed E-state index contributed by atoms with van der Waals surface area (Å²) in [6.07, 6.45) is 3.84. The third-order valence-corrected chi connectivity index (χ3v) is 4.83. The van der Waals surface area contributed by atoms with Crippen LogP contribution in [-0.2, 0) is 0 Å². The standard InChI is InChI=1S/C24H17N3O/c28-24(26-21-12-6-10-17-7-4-5-11-20(17)21)19-13-14-27-16-22(25-23(27)15-19)18-8-2-1-3-9-18/h1-16H,(H,26,28). The molecular weight excluding hydrogens is 346 g/mol. The van der Waals surface area contributed by atoms with Gasteiger partial charge in [0.2, 0.25) is 0 Å². The van der Waals surface area contributed by atoms with Gasteiger partial charge in [0.05, 0.1) is 5.69 Å². The molecule has 28 heavy (non-hydrogen) atoms. The van der Waals surface area contributed by atoms with E-state index in [9.17, 15) is 4.79 Å². The number of fused-ring (bicyclic) bond motifs is 2. The van der Waals surface area contributed by atoms with Crippen molar-refractivity contribution in [2.45, 2.75) is 0 Å². The zero-order valence-electron chi connectivity index (χ0n) is 15.0. The topological polar surface area (TPSA) is 46.4 Å². The number of nitrogens with zero attached hydrogens (tertiary/aromatic N) is 2. The number of imidazole rings is 1. The molecule has 4 nitrogen and oxygen atoms in total. The maximum Gasteiger partial charge on any atom is 0.255 e. The van der Waals surface area contributed by atoms with Crippen LogP contribution in [-0.4, -0.2) is 15.3 Å². The molecule has 0 spiro atoms. The number of amides is 1. The van der Waals surface area contributed by atoms with E-state index in [1.807, 2.05) is 102 Å². The Bertz CT molecular complexity index is 1300. The minimum absolute atomic E-state index is 0.150. The minimum Gasteiger partial charge on any atom is -0.321 e. The summed E-state index contributed by atoms with van der Waals surface area (Å²) in [5, 5.41) is 5.14. The van der Waals surface area contributed by atoms with Gasteiger partial charge in [-0.05, 0) is 23.6 Å². The molecule has 5 rings (SSSR count). The van der Waals surface area contributed by atoms with Gasteiger partial charge in [-0.15, -0.1) is 0 Å². The van der Waals surface area contributed by atoms with Gasteiger partial charge >= 0.3 is 0 Å². The van der Waals surface area contributed by atoms with Crippen LogP contribution >= 0.6 is 0 Å². The highest BCUT2D eigenvalue weighted by Crippen LogP contribution is 2.24. The second kappa shape index (κ2) is 6.67. The first-order valence-electron chi connectivity index (χ1n) is 9.11. The van der Waals surface area contributed by atoms with E-state index in [0.717, 1.165) is 33.4 Å². The van der Waals surface area contributed by atoms with Crippen molar-refractivity contribution < 1.29 is 4.79 Å². The lowest BCUT2D eigenvalue weighted by Crippen LogP contribution is -2.12. The number of pyridine rings is 1. The summed E-state index contributed by atoms with van der Waals surface area (Å²) < 4.78 is 1.93. The van der Waals surface area contributed by atoms with E-state index in [1.54, 1.807) is 0 Å². The van der Waals surface area contributed by atoms with Gasteiger partial charge in [-0.2, -0.15) is 0 Å². The molecule has 2 aromatic heterocycles. The lowest BCUT2D eigenvalue weighted by atomic mass is 10.1. The molecule has 0 aliphatic carbocycles. The maximum atomic E-state index is 12.8. The summed E-state index contributed by atoms with van der Waals surface area (Å²) >= 11 is 0. The molecule has 4 heteroatoms. The fourth-order valence-corrected chi connectivity index (χ4v) is 3.40. The first-order valence-corrected chi connectivity index (χ1v) is 9.11. The van der Waals surface area contributed by atoms with Gasteiger partial charge in [0.1, 0.15) is 5.65 Å². The highest BCUT2D eigenvalue weighted by Gasteiger charge is 2.11. The molecule has 2 heterocycles. The Morgan fingerprint density at radius 1 is 0.857 bits per heavy atom. The van der Waals surface area contributed by atoms with Crippen LogP contribution in [0.3, 0.4) is 0 Å². The van der Waals surface area contributed by atoms with Crippen LogP contribution < -0.4 is 5.32 Å². The largest absolute Gasteiger partial charge is 0.321 e. The molecule has 0 aliphatic rings. The summed E-state index contributed by atoms with van der Waals surface area (Å²) in [5.41, 5.74) is 4.05. The molecule has 1 amide bonds. The molecule has 0 aliphatic heterocycles. The molecule has 0 radical (unpaired) electrons. The van der Waals surface area contributed by atoms with E-state index in [-0.39, 0.29) is 5.91 Å². The van der Waals surface area contributed by atoms with Crippen LogP contribution in [0.25, 0.3) is 27.7 Å². The second-order valence-electron chi connectivity index (χ2n) is 6.65. The number of hydrogen-bond donors (Lipinski definition) is 1. The van der Waals surface area contributed by atoms with E-state index in [2.05, 4.69) is 10.3 Å². The molecule has 3 aromatic carbocycles. The van der Waals surface area contributed by atoms with Crippen LogP contribution in [0.4, 0.5) is 5.69 Å². The van der Waals surface area contributed by atoms with Crippen molar-refractivity contribution in [1.29, 1.82) is 0 Å². The van der Waals surface area contributed by atoms with Gasteiger partial charge in [-0.1, -0.05) is 66.7 Å². The molecule has 0 unspecified atom stereocenters. The Morgan fingerprint density at radius 2 is 1.64 bits per heavy atom. The Morgan fingerprint density at radius 3 is 2.54 bits per heavy atom. The van der Waals surface area contributed by atoms with Crippen LogP contribution in [0.15, 0.2) is 97.3 Å². The predicted octanol–water partition coefficient (Wildman–Crippen LogP) is 5.41. The van der Waals surface area contributed by atoms with Crippen molar-refractivity contribution in [3.05, 3.63) is 103 Å². The van der Waals surface area contributed by atoms with Crippen molar-refractivity contribution in [3.8, 4) is 11.3 Å². The van der Waals surface area contributed by atoms with Crippen LogP contribution in [0, 0.1) is 0 Å². The van der Waals surface area contributed by atoms with Gasteiger partial charge in [0.25, 0.3) is 5.91 Å². The lowest BCUT2D eigenvalue weighted by molar-refractivity contribution is 0.102. The van der Waals surface area contributed by atoms with Crippen LogP contribution in [0.2, 0.25) is 0 Å². The van der Waals surface area contributed by atoms with Gasteiger partial charge in [0.15, 0.2) is 0 Å². The number of hydrogen-bond acceptors (Lipinski definition) is 2. The molecule has 0 fully saturated rings. The first kappa shape index (κ1) is 16.3. The predicted molar refractivity (Wildman–Crippen MR) is 113 cm³/mol. The zero-order valence-corrected chi connectivity index (χ0v) is 15.0. The normalized spacial score (nSPS) is 11.0. The average molecular weight is 363 g/mol. The third-order valence-electron chi connectivity index (χ3n) is 4.83. The molecular formula is C24H17N3O. The summed E-state index contributed by atoms with van der Waals surface area (Å²) in [7, 11) is 0. The van der Waals surface area contributed by atoms with E-state index >= 15 is 0 Å². The molecule has 1 N–H and O–H groups in total. The van der Waals surface area contributed by atoms with Gasteiger partial charge in [-0.25, -0.2) is 4.98 Å².